The third kappa shape index (κ3) is 4.81. The van der Waals surface area contributed by atoms with Gasteiger partial charge >= 0.3 is 5.97 Å². The minimum Gasteiger partial charge on any atom is -0.477 e. The molecule has 3 aliphatic rings. The van der Waals surface area contributed by atoms with E-state index in [0.717, 1.165) is 22.9 Å². The monoisotopic (exact) mass is 444 g/mol. The van der Waals surface area contributed by atoms with Crippen LogP contribution in [-0.4, -0.2) is 59.0 Å². The van der Waals surface area contributed by atoms with Gasteiger partial charge in [-0.1, -0.05) is 43.9 Å². The zero-order chi connectivity index (χ0) is 22.0. The molecule has 3 unspecified atom stereocenters. The Balaban J connectivity index is 0.000000166. The van der Waals surface area contributed by atoms with Crippen molar-refractivity contribution in [3.05, 3.63) is 35.2 Å². The van der Waals surface area contributed by atoms with Gasteiger partial charge in [-0.3, -0.25) is 9.59 Å². The fraction of sp³-hybridized carbons (Fsp3) is 0.522. The van der Waals surface area contributed by atoms with Crippen LogP contribution in [0.25, 0.3) is 10.1 Å². The number of fused-ring (bicyclic) bond motifs is 2. The van der Waals surface area contributed by atoms with Crippen molar-refractivity contribution in [3.63, 3.8) is 0 Å². The standard InChI is InChI=1S/C14H22N2O3.C9H6O2S/c15-10(7-9-3-1-2-4-9)14(18)16-6-5-12-13(16)11(17)8-19-12;10-9(11)8-5-6-3-1-2-4-7(6)12-8/h9-10,12-13H,1-8,15H2;1-5H,(H,10,11). The number of hydrogen-bond donors (Lipinski definition) is 2. The Kier molecular flexibility index (Phi) is 6.69. The summed E-state index contributed by atoms with van der Waals surface area (Å²) in [7, 11) is 0. The number of amides is 1. The molecule has 0 spiro atoms. The predicted molar refractivity (Wildman–Crippen MR) is 118 cm³/mol. The van der Waals surface area contributed by atoms with Gasteiger partial charge in [0.2, 0.25) is 5.91 Å². The number of ketones is 1. The summed E-state index contributed by atoms with van der Waals surface area (Å²) in [6, 6.07) is 8.54. The Labute approximate surface area is 185 Å². The Morgan fingerprint density at radius 2 is 1.97 bits per heavy atom. The van der Waals surface area contributed by atoms with E-state index in [2.05, 4.69) is 0 Å². The first kappa shape index (κ1) is 21.9. The van der Waals surface area contributed by atoms with Gasteiger partial charge in [-0.2, -0.15) is 0 Å². The van der Waals surface area contributed by atoms with Crippen molar-refractivity contribution in [2.75, 3.05) is 13.2 Å². The Hall–Kier alpha value is -2.29. The van der Waals surface area contributed by atoms with Gasteiger partial charge in [-0.15, -0.1) is 11.3 Å². The molecule has 2 aromatic rings. The molecule has 2 aliphatic heterocycles. The number of rotatable bonds is 4. The number of carbonyl (C=O) groups excluding carboxylic acids is 2. The number of carboxylic acid groups (broad SMARTS) is 1. The molecule has 1 aromatic carbocycles. The van der Waals surface area contributed by atoms with Crippen molar-refractivity contribution in [1.82, 2.24) is 4.90 Å². The Bertz CT molecular complexity index is 935. The minimum atomic E-state index is -0.851. The van der Waals surface area contributed by atoms with Gasteiger partial charge < -0.3 is 20.5 Å². The number of nitrogens with zero attached hydrogens (tertiary/aromatic N) is 1. The molecule has 1 amide bonds. The van der Waals surface area contributed by atoms with Gasteiger partial charge in [0.25, 0.3) is 0 Å². The lowest BCUT2D eigenvalue weighted by atomic mass is 9.98. The smallest absolute Gasteiger partial charge is 0.345 e. The highest BCUT2D eigenvalue weighted by atomic mass is 32.1. The van der Waals surface area contributed by atoms with Crippen molar-refractivity contribution in [1.29, 1.82) is 0 Å². The highest BCUT2D eigenvalue weighted by Gasteiger charge is 2.47. The lowest BCUT2D eigenvalue weighted by Gasteiger charge is -2.26. The van der Waals surface area contributed by atoms with Crippen LogP contribution in [0.1, 0.15) is 48.2 Å². The van der Waals surface area contributed by atoms with Crippen LogP contribution in [0.5, 0.6) is 0 Å². The molecule has 0 radical (unpaired) electrons. The number of benzene rings is 1. The van der Waals surface area contributed by atoms with Crippen molar-refractivity contribution in [2.24, 2.45) is 11.7 Å². The quantitative estimate of drug-likeness (QED) is 0.750. The van der Waals surface area contributed by atoms with Gasteiger partial charge in [-0.05, 0) is 36.3 Å². The molecule has 8 heteroatoms. The molecule has 31 heavy (non-hydrogen) atoms. The van der Waals surface area contributed by atoms with Crippen LogP contribution in [0.3, 0.4) is 0 Å². The molecule has 2 saturated heterocycles. The lowest BCUT2D eigenvalue weighted by Crippen LogP contribution is -2.49. The molecule has 0 bridgehead atoms. The maximum absolute atomic E-state index is 12.4. The molecule has 5 rings (SSSR count). The maximum Gasteiger partial charge on any atom is 0.345 e. The highest BCUT2D eigenvalue weighted by molar-refractivity contribution is 7.20. The van der Waals surface area contributed by atoms with E-state index in [4.69, 9.17) is 15.6 Å². The van der Waals surface area contributed by atoms with Crippen LogP contribution >= 0.6 is 11.3 Å². The maximum atomic E-state index is 12.4. The average Bonchev–Trinajstić information content (AvgIpc) is 3.53. The first-order chi connectivity index (χ1) is 14.9. The summed E-state index contributed by atoms with van der Waals surface area (Å²) < 4.78 is 6.42. The van der Waals surface area contributed by atoms with Crippen molar-refractivity contribution < 1.29 is 24.2 Å². The average molecular weight is 445 g/mol. The van der Waals surface area contributed by atoms with Crippen molar-refractivity contribution >= 4 is 39.1 Å². The predicted octanol–water partition coefficient (Wildman–Crippen LogP) is 3.06. The number of nitrogens with two attached hydrogens (primary N) is 1. The summed E-state index contributed by atoms with van der Waals surface area (Å²) in [6.45, 7) is 0.759. The van der Waals surface area contributed by atoms with Crippen LogP contribution in [0.2, 0.25) is 0 Å². The summed E-state index contributed by atoms with van der Waals surface area (Å²) in [4.78, 5) is 36.8. The second-order valence-corrected chi connectivity index (χ2v) is 9.61. The molecule has 3 fully saturated rings. The molecular weight excluding hydrogens is 416 g/mol. The van der Waals surface area contributed by atoms with Crippen LogP contribution in [0.15, 0.2) is 30.3 Å². The zero-order valence-electron chi connectivity index (χ0n) is 17.4. The molecule has 3 N–H and O–H groups in total. The number of thiophene rings is 1. The number of Topliss-reactive ketones (excluding diaryl/α,β-unsaturated/α-hetero) is 1. The number of carbonyl (C=O) groups is 3. The number of ether oxygens (including phenoxy) is 1. The Morgan fingerprint density at radius 3 is 2.68 bits per heavy atom. The summed E-state index contributed by atoms with van der Waals surface area (Å²) in [5.74, 6) is -0.286. The largest absolute Gasteiger partial charge is 0.477 e. The fourth-order valence-corrected chi connectivity index (χ4v) is 5.75. The molecular formula is C23H28N2O5S. The first-order valence-corrected chi connectivity index (χ1v) is 11.7. The molecule has 1 saturated carbocycles. The molecule has 1 aromatic heterocycles. The van der Waals surface area contributed by atoms with E-state index < -0.39 is 12.0 Å². The SMILES string of the molecule is NC(CC1CCCC1)C(=O)N1CCC2OCC(=O)C21.O=C(O)c1cc2ccccc2s1. The van der Waals surface area contributed by atoms with Gasteiger partial charge in [0.05, 0.1) is 12.1 Å². The fourth-order valence-electron chi connectivity index (χ4n) is 4.85. The highest BCUT2D eigenvalue weighted by Crippen LogP contribution is 2.31. The van der Waals surface area contributed by atoms with Crippen molar-refractivity contribution in [3.8, 4) is 0 Å². The van der Waals surface area contributed by atoms with Gasteiger partial charge in [0.1, 0.15) is 17.5 Å². The van der Waals surface area contributed by atoms with E-state index in [-0.39, 0.29) is 30.4 Å². The second-order valence-electron chi connectivity index (χ2n) is 8.53. The van der Waals surface area contributed by atoms with Gasteiger partial charge in [0, 0.05) is 11.2 Å². The summed E-state index contributed by atoms with van der Waals surface area (Å²) in [5.41, 5.74) is 6.06. The van der Waals surface area contributed by atoms with Crippen LogP contribution in [0.4, 0.5) is 0 Å². The van der Waals surface area contributed by atoms with Gasteiger partial charge in [-0.25, -0.2) is 4.79 Å². The first-order valence-electron chi connectivity index (χ1n) is 10.9. The van der Waals surface area contributed by atoms with Crippen molar-refractivity contribution in [2.45, 2.75) is 56.7 Å². The van der Waals surface area contributed by atoms with E-state index in [1.54, 1.807) is 11.0 Å². The molecule has 7 nitrogen and oxygen atoms in total. The zero-order valence-corrected chi connectivity index (χ0v) is 18.2. The van der Waals surface area contributed by atoms with Gasteiger partial charge in [0.15, 0.2) is 5.78 Å². The number of likely N-dealkylation sites (tertiary alicyclic amines) is 1. The van der Waals surface area contributed by atoms with E-state index in [1.165, 1.54) is 37.0 Å². The third-order valence-corrected chi connectivity index (χ3v) is 7.51. The normalized spacial score (nSPS) is 24.2. The third-order valence-electron chi connectivity index (χ3n) is 6.41. The second kappa shape index (κ2) is 9.46. The molecule has 3 heterocycles. The molecule has 1 aliphatic carbocycles. The number of carboxylic acids is 1. The minimum absolute atomic E-state index is 0.0314. The number of aromatic carboxylic acids is 1. The van der Waals surface area contributed by atoms with Crippen LogP contribution in [-0.2, 0) is 14.3 Å². The lowest BCUT2D eigenvalue weighted by molar-refractivity contribution is -0.137. The molecule has 3 atom stereocenters. The van der Waals surface area contributed by atoms with E-state index in [0.29, 0.717) is 17.3 Å². The number of hydrogen-bond acceptors (Lipinski definition) is 6. The van der Waals surface area contributed by atoms with E-state index in [9.17, 15) is 14.4 Å². The molecule has 166 valence electrons. The summed E-state index contributed by atoms with van der Waals surface area (Å²) in [6.07, 6.45) is 6.33. The van der Waals surface area contributed by atoms with Crippen LogP contribution in [0, 0.1) is 5.92 Å². The Morgan fingerprint density at radius 1 is 1.23 bits per heavy atom. The summed E-state index contributed by atoms with van der Waals surface area (Å²) in [5, 5.41) is 9.70. The topological polar surface area (TPSA) is 110 Å². The van der Waals surface area contributed by atoms with E-state index >= 15 is 0 Å². The summed E-state index contributed by atoms with van der Waals surface area (Å²) >= 11 is 1.31. The van der Waals surface area contributed by atoms with Crippen LogP contribution < -0.4 is 5.73 Å². The van der Waals surface area contributed by atoms with E-state index in [1.807, 2.05) is 24.3 Å².